The summed E-state index contributed by atoms with van der Waals surface area (Å²) in [5, 5.41) is 14.2. The van der Waals surface area contributed by atoms with E-state index >= 15 is 0 Å². The van der Waals surface area contributed by atoms with E-state index in [1.165, 1.54) is 6.08 Å². The third kappa shape index (κ3) is 5.03. The van der Waals surface area contributed by atoms with E-state index < -0.39 is 0 Å². The molecule has 0 aromatic heterocycles. The SMILES string of the molecule is C=C/C([O-])=N/[N+](C)(C)C. The molecule has 0 bridgehead atoms. The Bertz CT molecular complexity index is 132. The zero-order valence-corrected chi connectivity index (χ0v) is 6.09. The summed E-state index contributed by atoms with van der Waals surface area (Å²) in [6.45, 7) is 3.29. The second kappa shape index (κ2) is 2.64. The van der Waals surface area contributed by atoms with Crippen LogP contribution in [0.3, 0.4) is 0 Å². The smallest absolute Gasteiger partial charge is 0.0923 e. The summed E-state index contributed by atoms with van der Waals surface area (Å²) in [6.07, 6.45) is 1.20. The van der Waals surface area contributed by atoms with Crippen LogP contribution < -0.4 is 5.11 Å². The Morgan fingerprint density at radius 3 is 2.11 bits per heavy atom. The molecule has 0 aliphatic rings. The fourth-order valence-electron chi connectivity index (χ4n) is 0.337. The minimum atomic E-state index is -0.275. The molecule has 0 saturated carbocycles. The molecule has 0 spiro atoms. The van der Waals surface area contributed by atoms with Gasteiger partial charge in [0.05, 0.1) is 21.1 Å². The van der Waals surface area contributed by atoms with E-state index in [0.717, 1.165) is 0 Å². The molecule has 52 valence electrons. The maximum Gasteiger partial charge on any atom is 0.0923 e. The first kappa shape index (κ1) is 8.17. The van der Waals surface area contributed by atoms with E-state index in [1.807, 2.05) is 0 Å². The van der Waals surface area contributed by atoms with Crippen LogP contribution in [0.1, 0.15) is 0 Å². The summed E-state index contributed by atoms with van der Waals surface area (Å²) >= 11 is 0. The van der Waals surface area contributed by atoms with Gasteiger partial charge in [0.2, 0.25) is 0 Å². The van der Waals surface area contributed by atoms with Gasteiger partial charge in [0.1, 0.15) is 0 Å². The topological polar surface area (TPSA) is 35.4 Å². The summed E-state index contributed by atoms with van der Waals surface area (Å²) in [7, 11) is 5.42. The Morgan fingerprint density at radius 2 is 2.00 bits per heavy atom. The van der Waals surface area contributed by atoms with E-state index in [1.54, 1.807) is 21.1 Å². The Kier molecular flexibility index (Phi) is 2.40. The largest absolute Gasteiger partial charge is 0.855 e. The van der Waals surface area contributed by atoms with Gasteiger partial charge in [-0.1, -0.05) is 17.8 Å². The lowest BCUT2D eigenvalue weighted by atomic mass is 10.6. The van der Waals surface area contributed by atoms with Crippen molar-refractivity contribution < 1.29 is 9.70 Å². The third-order valence-corrected chi connectivity index (χ3v) is 0.573. The van der Waals surface area contributed by atoms with Crippen molar-refractivity contribution in [2.75, 3.05) is 21.1 Å². The highest BCUT2D eigenvalue weighted by atomic mass is 16.3. The average Bonchev–Trinajstić information content (AvgIpc) is 1.62. The van der Waals surface area contributed by atoms with Gasteiger partial charge in [0, 0.05) is 5.90 Å². The highest BCUT2D eigenvalue weighted by Crippen LogP contribution is 1.89. The van der Waals surface area contributed by atoms with Crippen molar-refractivity contribution in [2.45, 2.75) is 0 Å². The molecule has 0 amide bonds. The first-order valence-electron chi connectivity index (χ1n) is 2.67. The molecule has 3 nitrogen and oxygen atoms in total. The summed E-state index contributed by atoms with van der Waals surface area (Å²) in [5.74, 6) is -0.275. The van der Waals surface area contributed by atoms with Gasteiger partial charge in [-0.15, -0.1) is 0 Å². The average molecular weight is 128 g/mol. The lowest BCUT2D eigenvalue weighted by molar-refractivity contribution is -0.878. The van der Waals surface area contributed by atoms with Crippen LogP contribution in [0, 0.1) is 0 Å². The van der Waals surface area contributed by atoms with Gasteiger partial charge in [-0.25, -0.2) is 4.59 Å². The molecule has 0 saturated heterocycles. The lowest BCUT2D eigenvalue weighted by Gasteiger charge is -2.18. The monoisotopic (exact) mass is 128 g/mol. The standard InChI is InChI=1S/C6H12N2O/c1-5-6(9)7-8(2,3)4/h5H,1H2,2-4H3. The molecule has 0 fully saturated rings. The van der Waals surface area contributed by atoms with Crippen LogP contribution in [0.5, 0.6) is 0 Å². The van der Waals surface area contributed by atoms with E-state index in [0.29, 0.717) is 4.59 Å². The van der Waals surface area contributed by atoms with Crippen molar-refractivity contribution in [3.05, 3.63) is 12.7 Å². The minimum absolute atomic E-state index is 0.275. The predicted octanol–water partition coefficient (Wildman–Crippen LogP) is -0.448. The number of rotatable bonds is 2. The first-order valence-corrected chi connectivity index (χ1v) is 2.67. The summed E-state index contributed by atoms with van der Waals surface area (Å²) < 4.78 is 0.296. The molecule has 0 heterocycles. The van der Waals surface area contributed by atoms with Crippen LogP contribution in [0.15, 0.2) is 17.8 Å². The van der Waals surface area contributed by atoms with Gasteiger partial charge in [0.15, 0.2) is 0 Å². The zero-order chi connectivity index (χ0) is 7.49. The van der Waals surface area contributed by atoms with Crippen molar-refractivity contribution in [3.8, 4) is 0 Å². The highest BCUT2D eigenvalue weighted by Gasteiger charge is 2.00. The molecule has 0 unspecified atom stereocenters. The molecule has 0 aromatic carbocycles. The van der Waals surface area contributed by atoms with Crippen molar-refractivity contribution in [1.82, 2.24) is 0 Å². The molecular weight excluding hydrogens is 116 g/mol. The van der Waals surface area contributed by atoms with E-state index in [9.17, 15) is 5.11 Å². The van der Waals surface area contributed by atoms with Gasteiger partial charge in [0.25, 0.3) is 0 Å². The van der Waals surface area contributed by atoms with E-state index in [2.05, 4.69) is 11.7 Å². The normalized spacial score (nSPS) is 13.4. The van der Waals surface area contributed by atoms with Gasteiger partial charge in [-0.3, -0.25) is 0 Å². The van der Waals surface area contributed by atoms with Crippen LogP contribution in [-0.4, -0.2) is 31.6 Å². The molecule has 0 aliphatic heterocycles. The maximum absolute atomic E-state index is 10.5. The molecule has 0 aliphatic carbocycles. The quantitative estimate of drug-likeness (QED) is 0.215. The number of hydrogen-bond donors (Lipinski definition) is 0. The van der Waals surface area contributed by atoms with Crippen molar-refractivity contribution in [1.29, 1.82) is 0 Å². The number of quaternary nitrogens is 1. The van der Waals surface area contributed by atoms with Crippen LogP contribution >= 0.6 is 0 Å². The minimum Gasteiger partial charge on any atom is -0.855 e. The van der Waals surface area contributed by atoms with Gasteiger partial charge in [-0.05, 0) is 0 Å². The van der Waals surface area contributed by atoms with Gasteiger partial charge >= 0.3 is 0 Å². The fourth-order valence-corrected chi connectivity index (χ4v) is 0.337. The van der Waals surface area contributed by atoms with Crippen LogP contribution in [0.4, 0.5) is 0 Å². The lowest BCUT2D eigenvalue weighted by Crippen LogP contribution is -2.31. The summed E-state index contributed by atoms with van der Waals surface area (Å²) in [6, 6.07) is 0. The third-order valence-electron chi connectivity index (χ3n) is 0.573. The van der Waals surface area contributed by atoms with Crippen LogP contribution in [0.2, 0.25) is 0 Å². The zero-order valence-electron chi connectivity index (χ0n) is 6.09. The molecule has 0 atom stereocenters. The van der Waals surface area contributed by atoms with E-state index in [-0.39, 0.29) is 5.90 Å². The molecular formula is C6H12N2O. The molecule has 0 aromatic rings. The van der Waals surface area contributed by atoms with Gasteiger partial charge in [-0.2, -0.15) is 0 Å². The Hall–Kier alpha value is -0.830. The molecule has 0 rings (SSSR count). The van der Waals surface area contributed by atoms with Crippen molar-refractivity contribution >= 4 is 5.90 Å². The summed E-state index contributed by atoms with van der Waals surface area (Å²) in [5.41, 5.74) is 0. The molecule has 3 heteroatoms. The Morgan fingerprint density at radius 1 is 1.56 bits per heavy atom. The number of nitrogens with zero attached hydrogens (tertiary/aromatic N) is 2. The summed E-state index contributed by atoms with van der Waals surface area (Å²) in [4.78, 5) is 0. The highest BCUT2D eigenvalue weighted by molar-refractivity contribution is 5.82. The van der Waals surface area contributed by atoms with Crippen LogP contribution in [0.25, 0.3) is 0 Å². The Labute approximate surface area is 55.5 Å². The van der Waals surface area contributed by atoms with Crippen LogP contribution in [-0.2, 0) is 0 Å². The van der Waals surface area contributed by atoms with Crippen molar-refractivity contribution in [2.24, 2.45) is 5.10 Å². The van der Waals surface area contributed by atoms with Crippen molar-refractivity contribution in [3.63, 3.8) is 0 Å². The predicted molar refractivity (Wildman–Crippen MR) is 35.7 cm³/mol. The molecule has 0 N–H and O–H groups in total. The Balaban J connectivity index is 4.11. The second-order valence-electron chi connectivity index (χ2n) is 2.58. The second-order valence-corrected chi connectivity index (χ2v) is 2.58. The number of hydrogen-bond acceptors (Lipinski definition) is 2. The first-order chi connectivity index (χ1) is 3.95. The fraction of sp³-hybridized carbons (Fsp3) is 0.500. The maximum atomic E-state index is 10.5. The van der Waals surface area contributed by atoms with Gasteiger partial charge < -0.3 is 5.11 Å². The molecule has 0 radical (unpaired) electrons. The molecule has 9 heavy (non-hydrogen) atoms. The van der Waals surface area contributed by atoms with E-state index in [4.69, 9.17) is 0 Å².